The number of unbranched alkanes of at least 4 members (excludes halogenated alkanes) is 50. The average molecular weight is 1470 g/mol. The van der Waals surface area contributed by atoms with Crippen LogP contribution in [0.2, 0.25) is 0 Å². The van der Waals surface area contributed by atoms with E-state index >= 15 is 0 Å². The minimum absolute atomic E-state index is 0.107. The lowest BCUT2D eigenvalue weighted by Gasteiger charge is -2.21. The molecule has 0 saturated carbocycles. The van der Waals surface area contributed by atoms with E-state index in [4.69, 9.17) is 37.0 Å². The van der Waals surface area contributed by atoms with Crippen LogP contribution in [-0.2, 0) is 65.4 Å². The fraction of sp³-hybridized carbons (Fsp3) is 0.951. The molecule has 0 aliphatic heterocycles. The van der Waals surface area contributed by atoms with Crippen LogP contribution in [0.4, 0.5) is 0 Å². The van der Waals surface area contributed by atoms with Gasteiger partial charge in [0.2, 0.25) is 0 Å². The van der Waals surface area contributed by atoms with Crippen molar-refractivity contribution in [2.75, 3.05) is 39.6 Å². The molecular weight excluding hydrogens is 1310 g/mol. The van der Waals surface area contributed by atoms with Gasteiger partial charge in [0, 0.05) is 25.7 Å². The maximum atomic E-state index is 13.1. The van der Waals surface area contributed by atoms with Crippen LogP contribution >= 0.6 is 15.6 Å². The summed E-state index contributed by atoms with van der Waals surface area (Å²) in [5, 5.41) is 10.6. The van der Waals surface area contributed by atoms with E-state index in [1.54, 1.807) is 0 Å². The Morgan fingerprint density at radius 1 is 0.270 bits per heavy atom. The van der Waals surface area contributed by atoms with Crippen molar-refractivity contribution in [3.05, 3.63) is 0 Å². The second-order valence-corrected chi connectivity index (χ2v) is 33.0. The lowest BCUT2D eigenvalue weighted by atomic mass is 10.0. The van der Waals surface area contributed by atoms with E-state index in [0.717, 1.165) is 102 Å². The largest absolute Gasteiger partial charge is 0.472 e. The predicted molar refractivity (Wildman–Crippen MR) is 409 cm³/mol. The van der Waals surface area contributed by atoms with Gasteiger partial charge in [-0.25, -0.2) is 9.13 Å². The molecule has 0 rings (SSSR count). The molecule has 17 nitrogen and oxygen atoms in total. The van der Waals surface area contributed by atoms with Crippen LogP contribution in [0.5, 0.6) is 0 Å². The summed E-state index contributed by atoms with van der Waals surface area (Å²) in [7, 11) is -9.92. The first-order valence-corrected chi connectivity index (χ1v) is 45.0. The molecule has 0 amide bonds. The molecule has 0 heterocycles. The minimum atomic E-state index is -4.96. The number of phosphoric acid groups is 2. The highest BCUT2D eigenvalue weighted by Crippen LogP contribution is 2.45. The Labute approximate surface area is 613 Å². The Hall–Kier alpha value is -1.94. The second-order valence-electron chi connectivity index (χ2n) is 30.1. The molecular formula is C81H158O17P2. The van der Waals surface area contributed by atoms with Crippen LogP contribution in [-0.4, -0.2) is 96.7 Å². The van der Waals surface area contributed by atoms with E-state index in [-0.39, 0.29) is 25.7 Å². The van der Waals surface area contributed by atoms with Crippen molar-refractivity contribution in [2.24, 2.45) is 11.8 Å². The quantitative estimate of drug-likeness (QED) is 0.0222. The molecule has 0 aromatic carbocycles. The number of rotatable bonds is 80. The summed E-state index contributed by atoms with van der Waals surface area (Å²) in [4.78, 5) is 73.0. The van der Waals surface area contributed by atoms with Gasteiger partial charge in [-0.05, 0) is 37.5 Å². The maximum absolute atomic E-state index is 13.1. The van der Waals surface area contributed by atoms with Gasteiger partial charge in [0.1, 0.15) is 19.3 Å². The number of hydrogen-bond donors (Lipinski definition) is 3. The molecule has 0 aliphatic carbocycles. The molecule has 0 bridgehead atoms. The van der Waals surface area contributed by atoms with Gasteiger partial charge in [0.05, 0.1) is 26.4 Å². The molecule has 594 valence electrons. The molecule has 0 spiro atoms. The molecule has 19 heteroatoms. The number of carbonyl (C=O) groups excluding carboxylic acids is 4. The van der Waals surface area contributed by atoms with Gasteiger partial charge in [-0.3, -0.25) is 37.3 Å². The summed E-state index contributed by atoms with van der Waals surface area (Å²) >= 11 is 0. The van der Waals surface area contributed by atoms with E-state index in [1.165, 1.54) is 244 Å². The first-order valence-electron chi connectivity index (χ1n) is 42.0. The van der Waals surface area contributed by atoms with Gasteiger partial charge >= 0.3 is 39.5 Å². The standard InChI is InChI=1S/C81H158O17P2/c1-7-9-11-13-15-17-19-21-23-24-25-26-27-28-29-31-35-40-48-54-60-66-81(86)97-76(69-91-78(83)63-57-51-45-38-36-32-33-37-43-49-55-61-73(3)4)71-95-99(87,88)93-67-75(82)68-94-100(89,90)96-72-77(70-92-79(84)64-58-52-46-42-41-44-50-56-62-74(5)6)98-80(85)65-59-53-47-39-34-30-22-20-18-16-14-12-10-8-2/h73-77,82H,7-72H2,1-6H3,(H,87,88)(H,89,90)/t75-,76-,77-/m1/s1. The SMILES string of the molecule is CCCCCCCCCCCCCCCCCCCCCCCC(=O)O[C@H](COC(=O)CCCCCCCCCCCCCC(C)C)COP(=O)(O)OC[C@@H](O)COP(=O)(O)OC[C@@H](COC(=O)CCCCCCCCCCC(C)C)OC(=O)CCCCCCCCCCCCCCCC. The minimum Gasteiger partial charge on any atom is -0.462 e. The smallest absolute Gasteiger partial charge is 0.462 e. The molecule has 5 atom stereocenters. The van der Waals surface area contributed by atoms with Crippen LogP contribution in [0.1, 0.15) is 427 Å². The van der Waals surface area contributed by atoms with Crippen molar-refractivity contribution in [2.45, 2.75) is 445 Å². The zero-order valence-corrected chi connectivity index (χ0v) is 67.3. The average Bonchev–Trinajstić information content (AvgIpc) is 0.930. The molecule has 0 aromatic heterocycles. The number of aliphatic hydroxyl groups is 1. The number of esters is 4. The zero-order chi connectivity index (χ0) is 73.5. The van der Waals surface area contributed by atoms with Gasteiger partial charge in [-0.1, -0.05) is 375 Å². The predicted octanol–water partition coefficient (Wildman–Crippen LogP) is 24.3. The van der Waals surface area contributed by atoms with Crippen LogP contribution in [0.3, 0.4) is 0 Å². The summed E-state index contributed by atoms with van der Waals surface area (Å²) in [5.74, 6) is -0.612. The van der Waals surface area contributed by atoms with Crippen molar-refractivity contribution in [1.29, 1.82) is 0 Å². The first kappa shape index (κ1) is 98.1. The van der Waals surface area contributed by atoms with E-state index in [9.17, 15) is 43.2 Å². The Kier molecular flexibility index (Phi) is 71.2. The molecule has 0 fully saturated rings. The van der Waals surface area contributed by atoms with E-state index in [0.29, 0.717) is 25.7 Å². The van der Waals surface area contributed by atoms with Gasteiger partial charge in [-0.15, -0.1) is 0 Å². The normalized spacial score (nSPS) is 13.9. The highest BCUT2D eigenvalue weighted by Gasteiger charge is 2.30. The van der Waals surface area contributed by atoms with Gasteiger partial charge in [0.15, 0.2) is 12.2 Å². The highest BCUT2D eigenvalue weighted by atomic mass is 31.2. The number of hydrogen-bond acceptors (Lipinski definition) is 15. The molecule has 0 saturated heterocycles. The van der Waals surface area contributed by atoms with Crippen LogP contribution in [0, 0.1) is 11.8 Å². The summed E-state index contributed by atoms with van der Waals surface area (Å²) in [6.07, 6.45) is 62.5. The zero-order valence-electron chi connectivity index (χ0n) is 65.5. The molecule has 2 unspecified atom stereocenters. The third-order valence-corrected chi connectivity index (χ3v) is 20.9. The van der Waals surface area contributed by atoms with Crippen molar-refractivity contribution in [3.8, 4) is 0 Å². The molecule has 100 heavy (non-hydrogen) atoms. The molecule has 0 radical (unpaired) electrons. The summed E-state index contributed by atoms with van der Waals surface area (Å²) in [5.41, 5.74) is 0. The summed E-state index contributed by atoms with van der Waals surface area (Å²) < 4.78 is 68.7. The van der Waals surface area contributed by atoms with Crippen molar-refractivity contribution in [1.82, 2.24) is 0 Å². The summed E-state index contributed by atoms with van der Waals surface area (Å²) in [6.45, 7) is 9.60. The third kappa shape index (κ3) is 74.3. The number of aliphatic hydroxyl groups excluding tert-OH is 1. The van der Waals surface area contributed by atoms with E-state index in [1.807, 2.05) is 0 Å². The van der Waals surface area contributed by atoms with Crippen LogP contribution < -0.4 is 0 Å². The third-order valence-electron chi connectivity index (χ3n) is 19.0. The molecule has 0 aromatic rings. The summed E-state index contributed by atoms with van der Waals surface area (Å²) in [6, 6.07) is 0. The monoisotopic (exact) mass is 1470 g/mol. The number of phosphoric ester groups is 2. The van der Waals surface area contributed by atoms with Crippen molar-refractivity contribution in [3.63, 3.8) is 0 Å². The van der Waals surface area contributed by atoms with Gasteiger partial charge in [0.25, 0.3) is 0 Å². The topological polar surface area (TPSA) is 237 Å². The van der Waals surface area contributed by atoms with Crippen LogP contribution in [0.25, 0.3) is 0 Å². The molecule has 3 N–H and O–H groups in total. The lowest BCUT2D eigenvalue weighted by molar-refractivity contribution is -0.161. The highest BCUT2D eigenvalue weighted by molar-refractivity contribution is 7.47. The number of carbonyl (C=O) groups is 4. The van der Waals surface area contributed by atoms with E-state index < -0.39 is 97.5 Å². The lowest BCUT2D eigenvalue weighted by Crippen LogP contribution is -2.30. The Bertz CT molecular complexity index is 1920. The van der Waals surface area contributed by atoms with Crippen molar-refractivity contribution < 1.29 is 80.2 Å². The van der Waals surface area contributed by atoms with E-state index in [2.05, 4.69) is 41.5 Å². The fourth-order valence-corrected chi connectivity index (χ4v) is 14.1. The molecule has 0 aliphatic rings. The second kappa shape index (κ2) is 72.6. The van der Waals surface area contributed by atoms with Gasteiger partial charge in [-0.2, -0.15) is 0 Å². The Morgan fingerprint density at radius 3 is 0.680 bits per heavy atom. The van der Waals surface area contributed by atoms with Crippen molar-refractivity contribution >= 4 is 39.5 Å². The van der Waals surface area contributed by atoms with Gasteiger partial charge < -0.3 is 33.8 Å². The first-order chi connectivity index (χ1) is 48.4. The Morgan fingerprint density at radius 2 is 0.460 bits per heavy atom. The Balaban J connectivity index is 5.22. The fourth-order valence-electron chi connectivity index (χ4n) is 12.5. The maximum Gasteiger partial charge on any atom is 0.472 e. The number of ether oxygens (including phenoxy) is 4. The van der Waals surface area contributed by atoms with Crippen LogP contribution in [0.15, 0.2) is 0 Å².